The molecule has 0 saturated carbocycles. The lowest BCUT2D eigenvalue weighted by molar-refractivity contribution is 0.425. The summed E-state index contributed by atoms with van der Waals surface area (Å²) in [5, 5.41) is 4.84. The van der Waals surface area contributed by atoms with Crippen molar-refractivity contribution in [3.05, 3.63) is 99.0 Å². The summed E-state index contributed by atoms with van der Waals surface area (Å²) < 4.78 is 29.0. The second kappa shape index (κ2) is 8.39. The van der Waals surface area contributed by atoms with Gasteiger partial charge in [0, 0.05) is 27.3 Å². The summed E-state index contributed by atoms with van der Waals surface area (Å²) in [7, 11) is -3.72. The Balaban J connectivity index is 1.49. The van der Waals surface area contributed by atoms with Crippen LogP contribution >= 0.6 is 23.2 Å². The monoisotopic (exact) mass is 498 g/mol. The lowest BCUT2D eigenvalue weighted by Crippen LogP contribution is -2.29. The molecule has 1 aliphatic heterocycles. The SMILES string of the molecule is Cc1ccc(NS(=O)(=O)c2ccc3c(c2)[C@H]2C=CC[C@H]2[C@@H](c2ccc(Cl)cc2Cl)N3)cc1C. The quantitative estimate of drug-likeness (QED) is 0.372. The zero-order valence-corrected chi connectivity index (χ0v) is 20.6. The normalized spacial score (nSPS) is 21.3. The molecule has 3 aromatic rings. The van der Waals surface area contributed by atoms with Crippen LogP contribution in [0.4, 0.5) is 11.4 Å². The van der Waals surface area contributed by atoms with Gasteiger partial charge < -0.3 is 5.32 Å². The topological polar surface area (TPSA) is 58.2 Å². The first-order chi connectivity index (χ1) is 15.7. The maximum atomic E-state index is 13.2. The van der Waals surface area contributed by atoms with Crippen LogP contribution in [0.3, 0.4) is 0 Å². The molecular formula is C26H24Cl2N2O2S. The highest BCUT2D eigenvalue weighted by molar-refractivity contribution is 7.92. The van der Waals surface area contributed by atoms with Crippen molar-refractivity contribution in [3.8, 4) is 0 Å². The van der Waals surface area contributed by atoms with E-state index in [2.05, 4.69) is 22.2 Å². The molecule has 2 aliphatic rings. The van der Waals surface area contributed by atoms with Gasteiger partial charge in [0.1, 0.15) is 0 Å². The fourth-order valence-corrected chi connectivity index (χ4v) is 6.43. The molecule has 0 unspecified atom stereocenters. The maximum Gasteiger partial charge on any atom is 0.261 e. The van der Waals surface area contributed by atoms with Gasteiger partial charge in [0.25, 0.3) is 10.0 Å². The Morgan fingerprint density at radius 1 is 0.939 bits per heavy atom. The zero-order valence-electron chi connectivity index (χ0n) is 18.3. The van der Waals surface area contributed by atoms with Crippen LogP contribution in [0, 0.1) is 19.8 Å². The van der Waals surface area contributed by atoms with Crippen LogP contribution in [0.5, 0.6) is 0 Å². The van der Waals surface area contributed by atoms with Crippen molar-refractivity contribution in [2.45, 2.75) is 37.1 Å². The fraction of sp³-hybridized carbons (Fsp3) is 0.231. The van der Waals surface area contributed by atoms with Crippen molar-refractivity contribution in [1.29, 1.82) is 0 Å². The number of allylic oxidation sites excluding steroid dienone is 2. The molecule has 0 aromatic heterocycles. The molecule has 170 valence electrons. The molecule has 0 amide bonds. The lowest BCUT2D eigenvalue weighted by Gasteiger charge is -2.38. The highest BCUT2D eigenvalue weighted by atomic mass is 35.5. The first kappa shape index (κ1) is 22.3. The number of rotatable bonds is 4. The van der Waals surface area contributed by atoms with Crippen LogP contribution in [-0.4, -0.2) is 8.42 Å². The van der Waals surface area contributed by atoms with E-state index in [-0.39, 0.29) is 22.8 Å². The minimum Gasteiger partial charge on any atom is -0.378 e. The van der Waals surface area contributed by atoms with E-state index in [9.17, 15) is 8.42 Å². The summed E-state index contributed by atoms with van der Waals surface area (Å²) in [6.45, 7) is 3.97. The predicted octanol–water partition coefficient (Wildman–Crippen LogP) is 7.24. The van der Waals surface area contributed by atoms with E-state index < -0.39 is 10.0 Å². The average Bonchev–Trinajstić information content (AvgIpc) is 3.26. The van der Waals surface area contributed by atoms with Gasteiger partial charge >= 0.3 is 0 Å². The van der Waals surface area contributed by atoms with Crippen LogP contribution in [0.25, 0.3) is 0 Å². The molecule has 7 heteroatoms. The molecule has 2 N–H and O–H groups in total. The standard InChI is InChI=1S/C26H24Cl2N2O2S/c1-15-6-8-18(12-16(15)2)30-33(31,32)19-9-11-25-23(14-19)20-4-3-5-21(20)26(29-25)22-10-7-17(27)13-24(22)28/h3-4,6-14,20-21,26,29-30H,5H2,1-2H3/t20-,21+,26-/m0/s1. The van der Waals surface area contributed by atoms with Gasteiger partial charge in [-0.2, -0.15) is 0 Å². The summed E-state index contributed by atoms with van der Waals surface area (Å²) >= 11 is 12.6. The molecular weight excluding hydrogens is 475 g/mol. The molecule has 3 aromatic carbocycles. The van der Waals surface area contributed by atoms with Crippen LogP contribution in [0.2, 0.25) is 10.0 Å². The van der Waals surface area contributed by atoms with E-state index in [4.69, 9.17) is 23.2 Å². The molecule has 3 atom stereocenters. The number of sulfonamides is 1. The van der Waals surface area contributed by atoms with E-state index >= 15 is 0 Å². The number of hydrogen-bond acceptors (Lipinski definition) is 3. The summed E-state index contributed by atoms with van der Waals surface area (Å²) in [4.78, 5) is 0.253. The summed E-state index contributed by atoms with van der Waals surface area (Å²) in [5.41, 5.74) is 5.62. The van der Waals surface area contributed by atoms with E-state index in [1.54, 1.807) is 24.3 Å². The number of halogens is 2. The minimum absolute atomic E-state index is 0.0124. The Morgan fingerprint density at radius 3 is 2.52 bits per heavy atom. The fourth-order valence-electron chi connectivity index (χ4n) is 4.82. The molecule has 5 rings (SSSR count). The number of hydrogen-bond donors (Lipinski definition) is 2. The third-order valence-electron chi connectivity index (χ3n) is 6.70. The Morgan fingerprint density at radius 2 is 1.76 bits per heavy atom. The smallest absolute Gasteiger partial charge is 0.261 e. The van der Waals surface area contributed by atoms with E-state index in [1.807, 2.05) is 44.2 Å². The highest BCUT2D eigenvalue weighted by Crippen LogP contribution is 2.51. The van der Waals surface area contributed by atoms with Gasteiger partial charge in [-0.3, -0.25) is 4.72 Å². The number of benzene rings is 3. The van der Waals surface area contributed by atoms with Crippen molar-refractivity contribution < 1.29 is 8.42 Å². The Kier molecular flexibility index (Phi) is 5.68. The third kappa shape index (κ3) is 4.14. The Bertz CT molecular complexity index is 1390. The van der Waals surface area contributed by atoms with Crippen molar-refractivity contribution in [3.63, 3.8) is 0 Å². The van der Waals surface area contributed by atoms with E-state index in [1.165, 1.54) is 0 Å². The average molecular weight is 499 g/mol. The van der Waals surface area contributed by atoms with Gasteiger partial charge in [0.15, 0.2) is 0 Å². The first-order valence-corrected chi connectivity index (χ1v) is 13.1. The van der Waals surface area contributed by atoms with Crippen LogP contribution in [-0.2, 0) is 10.0 Å². The highest BCUT2D eigenvalue weighted by Gasteiger charge is 2.39. The minimum atomic E-state index is -3.72. The summed E-state index contributed by atoms with van der Waals surface area (Å²) in [6.07, 6.45) is 5.23. The zero-order chi connectivity index (χ0) is 23.3. The molecule has 1 aliphatic carbocycles. The van der Waals surface area contributed by atoms with Crippen molar-refractivity contribution in [2.75, 3.05) is 10.0 Å². The van der Waals surface area contributed by atoms with Crippen LogP contribution in [0.15, 0.2) is 71.6 Å². The lowest BCUT2D eigenvalue weighted by atomic mass is 9.77. The molecule has 0 fully saturated rings. The Hall–Kier alpha value is -2.47. The largest absolute Gasteiger partial charge is 0.378 e. The number of fused-ring (bicyclic) bond motifs is 3. The van der Waals surface area contributed by atoms with E-state index in [0.29, 0.717) is 15.7 Å². The van der Waals surface area contributed by atoms with Crippen LogP contribution in [0.1, 0.15) is 40.6 Å². The van der Waals surface area contributed by atoms with Crippen molar-refractivity contribution in [2.24, 2.45) is 5.92 Å². The second-order valence-corrected chi connectivity index (χ2v) is 11.3. The number of aryl methyl sites for hydroxylation is 2. The maximum absolute atomic E-state index is 13.2. The summed E-state index contributed by atoms with van der Waals surface area (Å²) in [5.74, 6) is 0.344. The molecule has 33 heavy (non-hydrogen) atoms. The predicted molar refractivity (Wildman–Crippen MR) is 136 cm³/mol. The van der Waals surface area contributed by atoms with Crippen molar-refractivity contribution in [1.82, 2.24) is 0 Å². The molecule has 0 bridgehead atoms. The van der Waals surface area contributed by atoms with Gasteiger partial charge in [-0.15, -0.1) is 0 Å². The van der Waals surface area contributed by atoms with Crippen LogP contribution < -0.4 is 10.0 Å². The van der Waals surface area contributed by atoms with E-state index in [0.717, 1.165) is 34.4 Å². The molecule has 1 heterocycles. The molecule has 0 radical (unpaired) electrons. The van der Waals surface area contributed by atoms with Gasteiger partial charge in [0.2, 0.25) is 0 Å². The second-order valence-electron chi connectivity index (χ2n) is 8.79. The van der Waals surface area contributed by atoms with Gasteiger partial charge in [0.05, 0.1) is 10.9 Å². The summed E-state index contributed by atoms with van der Waals surface area (Å²) in [6, 6.07) is 16.4. The third-order valence-corrected chi connectivity index (χ3v) is 8.64. The van der Waals surface area contributed by atoms with Gasteiger partial charge in [-0.05, 0) is 90.9 Å². The van der Waals surface area contributed by atoms with Gasteiger partial charge in [-0.1, -0.05) is 47.5 Å². The molecule has 0 spiro atoms. The first-order valence-electron chi connectivity index (χ1n) is 10.8. The Labute approximate surface area is 204 Å². The number of anilines is 2. The van der Waals surface area contributed by atoms with Crippen molar-refractivity contribution >= 4 is 44.6 Å². The number of nitrogens with one attached hydrogen (secondary N) is 2. The molecule has 0 saturated heterocycles. The molecule has 4 nitrogen and oxygen atoms in total. The van der Waals surface area contributed by atoms with Gasteiger partial charge in [-0.25, -0.2) is 8.42 Å².